The molecular formula is C25H34N7O2P. The molecule has 1 spiro atoms. The van der Waals surface area contributed by atoms with Gasteiger partial charge in [0.2, 0.25) is 0 Å². The van der Waals surface area contributed by atoms with Crippen LogP contribution in [0.1, 0.15) is 60.6 Å². The van der Waals surface area contributed by atoms with Gasteiger partial charge in [0, 0.05) is 81.0 Å². The van der Waals surface area contributed by atoms with Gasteiger partial charge in [-0.05, 0) is 44.0 Å². The summed E-state index contributed by atoms with van der Waals surface area (Å²) in [5.41, 5.74) is 1.51. The van der Waals surface area contributed by atoms with Gasteiger partial charge in [0.25, 0.3) is 0 Å². The molecule has 9 nitrogen and oxygen atoms in total. The summed E-state index contributed by atoms with van der Waals surface area (Å²) in [4.78, 5) is 27.3. The number of carbonyl (C=O) groups is 1. The number of urea groups is 1. The van der Waals surface area contributed by atoms with Gasteiger partial charge in [0.05, 0.1) is 7.14 Å². The highest BCUT2D eigenvalue weighted by Crippen LogP contribution is 2.56. The van der Waals surface area contributed by atoms with Crippen molar-refractivity contribution < 1.29 is 9.36 Å². The van der Waals surface area contributed by atoms with Gasteiger partial charge in [0.15, 0.2) is 0 Å². The van der Waals surface area contributed by atoms with Crippen molar-refractivity contribution in [2.75, 3.05) is 63.2 Å². The average molecular weight is 496 g/mol. The zero-order chi connectivity index (χ0) is 23.8. The van der Waals surface area contributed by atoms with E-state index in [2.05, 4.69) is 37.2 Å². The Balaban J connectivity index is 0.868. The Morgan fingerprint density at radius 3 is 2.31 bits per heavy atom. The van der Waals surface area contributed by atoms with Crippen molar-refractivity contribution in [1.29, 1.82) is 0 Å². The van der Waals surface area contributed by atoms with E-state index in [1.54, 1.807) is 0 Å². The molecule has 2 amide bonds. The van der Waals surface area contributed by atoms with Crippen molar-refractivity contribution >= 4 is 19.0 Å². The summed E-state index contributed by atoms with van der Waals surface area (Å²) in [6.45, 7) is 6.87. The number of H-pyrrole nitrogens is 1. The Labute approximate surface area is 206 Å². The molecule has 5 heterocycles. The van der Waals surface area contributed by atoms with Crippen LogP contribution in [0.5, 0.6) is 0 Å². The third-order valence-corrected chi connectivity index (χ3v) is 11.3. The van der Waals surface area contributed by atoms with Gasteiger partial charge in [-0.15, -0.1) is 10.2 Å². The number of pyridine rings is 1. The van der Waals surface area contributed by atoms with Crippen LogP contribution in [0, 0.1) is 5.41 Å². The molecule has 35 heavy (non-hydrogen) atoms. The molecule has 0 aromatic carbocycles. The molecule has 0 atom stereocenters. The largest absolute Gasteiger partial charge is 0.356 e. The molecule has 2 aromatic heterocycles. The van der Waals surface area contributed by atoms with Crippen LogP contribution in [0.25, 0.3) is 0 Å². The molecule has 0 unspecified atom stereocenters. The Bertz CT molecular complexity index is 1160. The van der Waals surface area contributed by atoms with Gasteiger partial charge in [-0.25, -0.2) is 9.78 Å². The number of nitrogens with zero attached hydrogens (tertiary/aromatic N) is 6. The van der Waals surface area contributed by atoms with Gasteiger partial charge in [-0.2, -0.15) is 0 Å². The highest BCUT2D eigenvalue weighted by molar-refractivity contribution is 7.63. The Kier molecular flexibility index (Phi) is 4.86. The SMILES string of the molecule is CP1(=O)CCN(c2ccc(C3CN(C(=O)N4CC5(CC(c6nnc(C7CC7)[nH]6)C5)C4)C3)cn2)CC1. The molecule has 2 aromatic rings. The van der Waals surface area contributed by atoms with E-state index in [1.165, 1.54) is 18.4 Å². The molecule has 10 heteroatoms. The van der Waals surface area contributed by atoms with Crippen molar-refractivity contribution in [3.8, 4) is 0 Å². The maximum absolute atomic E-state index is 12.9. The fraction of sp³-hybridized carbons (Fsp3) is 0.680. The topological polar surface area (TPSA) is 98.3 Å². The second kappa shape index (κ2) is 7.79. The number of hydrogen-bond donors (Lipinski definition) is 1. The number of likely N-dealkylation sites (tertiary alicyclic amines) is 2. The molecule has 186 valence electrons. The van der Waals surface area contributed by atoms with E-state index in [0.717, 1.165) is 81.9 Å². The fourth-order valence-electron chi connectivity index (χ4n) is 6.34. The van der Waals surface area contributed by atoms with Crippen LogP contribution in [-0.2, 0) is 4.57 Å². The summed E-state index contributed by atoms with van der Waals surface area (Å²) >= 11 is 0. The quantitative estimate of drug-likeness (QED) is 0.654. The number of rotatable bonds is 4. The first-order valence-electron chi connectivity index (χ1n) is 13.1. The smallest absolute Gasteiger partial charge is 0.320 e. The predicted octanol–water partition coefficient (Wildman–Crippen LogP) is 3.29. The average Bonchev–Trinajstić information content (AvgIpc) is 3.49. The Morgan fingerprint density at radius 2 is 1.69 bits per heavy atom. The van der Waals surface area contributed by atoms with E-state index >= 15 is 0 Å². The van der Waals surface area contributed by atoms with E-state index in [-0.39, 0.29) is 6.03 Å². The van der Waals surface area contributed by atoms with Gasteiger partial charge < -0.3 is 24.2 Å². The summed E-state index contributed by atoms with van der Waals surface area (Å²) in [5.74, 6) is 4.56. The van der Waals surface area contributed by atoms with E-state index in [1.807, 2.05) is 22.7 Å². The minimum absolute atomic E-state index is 0.188. The molecule has 5 fully saturated rings. The number of carbonyl (C=O) groups excluding carboxylic acids is 1. The monoisotopic (exact) mass is 495 g/mol. The van der Waals surface area contributed by atoms with E-state index in [4.69, 9.17) is 0 Å². The maximum Gasteiger partial charge on any atom is 0.320 e. The van der Waals surface area contributed by atoms with Crippen molar-refractivity contribution in [1.82, 2.24) is 30.0 Å². The molecule has 1 N–H and O–H groups in total. The molecular weight excluding hydrogens is 461 g/mol. The van der Waals surface area contributed by atoms with Crippen LogP contribution in [0.3, 0.4) is 0 Å². The van der Waals surface area contributed by atoms with Crippen molar-refractivity contribution in [2.45, 2.75) is 43.4 Å². The summed E-state index contributed by atoms with van der Waals surface area (Å²) in [5, 5.41) is 8.72. The third kappa shape index (κ3) is 3.96. The zero-order valence-corrected chi connectivity index (χ0v) is 21.3. The number of nitrogens with one attached hydrogen (secondary N) is 1. The molecule has 2 saturated carbocycles. The van der Waals surface area contributed by atoms with E-state index < -0.39 is 7.14 Å². The summed E-state index contributed by atoms with van der Waals surface area (Å²) < 4.78 is 12.2. The van der Waals surface area contributed by atoms with Crippen LogP contribution in [0.2, 0.25) is 0 Å². The second-order valence-corrected chi connectivity index (χ2v) is 15.4. The van der Waals surface area contributed by atoms with Crippen molar-refractivity contribution in [3.05, 3.63) is 35.5 Å². The molecule has 0 radical (unpaired) electrons. The van der Waals surface area contributed by atoms with E-state index in [9.17, 15) is 9.36 Å². The normalized spacial score (nSPS) is 25.8. The predicted molar refractivity (Wildman–Crippen MR) is 134 cm³/mol. The van der Waals surface area contributed by atoms with Gasteiger partial charge >= 0.3 is 6.03 Å². The van der Waals surface area contributed by atoms with E-state index in [0.29, 0.717) is 23.2 Å². The minimum atomic E-state index is -1.93. The van der Waals surface area contributed by atoms with Crippen molar-refractivity contribution in [3.63, 3.8) is 0 Å². The molecule has 2 aliphatic carbocycles. The molecule has 3 saturated heterocycles. The van der Waals surface area contributed by atoms with Crippen LogP contribution in [0.15, 0.2) is 18.3 Å². The van der Waals surface area contributed by atoms with Gasteiger partial charge in [-0.1, -0.05) is 6.07 Å². The molecule has 5 aliphatic rings. The summed E-state index contributed by atoms with van der Waals surface area (Å²) in [6.07, 6.45) is 8.22. The molecule has 3 aliphatic heterocycles. The highest BCUT2D eigenvalue weighted by atomic mass is 31.2. The second-order valence-electron chi connectivity index (χ2n) is 11.9. The number of aromatic nitrogens is 4. The lowest BCUT2D eigenvalue weighted by Crippen LogP contribution is -2.67. The first-order chi connectivity index (χ1) is 16.9. The van der Waals surface area contributed by atoms with Crippen molar-refractivity contribution in [2.24, 2.45) is 5.41 Å². The maximum atomic E-state index is 12.9. The lowest BCUT2D eigenvalue weighted by Gasteiger charge is -2.59. The summed E-state index contributed by atoms with van der Waals surface area (Å²) in [6, 6.07) is 4.42. The zero-order valence-electron chi connectivity index (χ0n) is 20.4. The lowest BCUT2D eigenvalue weighted by atomic mass is 9.57. The number of anilines is 1. The fourth-order valence-corrected chi connectivity index (χ4v) is 7.89. The number of hydrogen-bond acceptors (Lipinski definition) is 6. The molecule has 7 rings (SSSR count). The lowest BCUT2D eigenvalue weighted by molar-refractivity contribution is -0.0601. The van der Waals surface area contributed by atoms with Gasteiger partial charge in [-0.3, -0.25) is 0 Å². The first-order valence-corrected chi connectivity index (χ1v) is 15.6. The standard InChI is InChI=1S/C25H34N7O2P/c1-35(34)8-6-30(7-9-35)21-5-4-18(12-26-21)20-13-31(14-20)24(33)32-15-25(16-32)10-19(11-25)23-27-22(28-29-23)17-2-3-17/h4-5,12,17,19-20H,2-3,6-11,13-16H2,1H3,(H,27,28,29). The minimum Gasteiger partial charge on any atom is -0.356 e. The Morgan fingerprint density at radius 1 is 1.00 bits per heavy atom. The van der Waals surface area contributed by atoms with Gasteiger partial charge in [0.1, 0.15) is 17.5 Å². The third-order valence-electron chi connectivity index (χ3n) is 8.96. The number of aromatic amines is 1. The Hall–Kier alpha value is -2.41. The first kappa shape index (κ1) is 21.8. The number of amides is 2. The van der Waals surface area contributed by atoms with Crippen LogP contribution in [-0.4, -0.2) is 94.3 Å². The van der Waals surface area contributed by atoms with Crippen LogP contribution >= 0.6 is 7.14 Å². The van der Waals surface area contributed by atoms with Crippen LogP contribution in [0.4, 0.5) is 10.6 Å². The van der Waals surface area contributed by atoms with Crippen LogP contribution < -0.4 is 4.90 Å². The molecule has 0 bridgehead atoms. The highest BCUT2D eigenvalue weighted by Gasteiger charge is 2.56. The summed E-state index contributed by atoms with van der Waals surface area (Å²) in [7, 11) is -1.93.